The minimum atomic E-state index is 0.0290. The molecule has 22 heavy (non-hydrogen) atoms. The highest BCUT2D eigenvalue weighted by Crippen LogP contribution is 2.14. The molecule has 116 valence electrons. The van der Waals surface area contributed by atoms with Crippen molar-refractivity contribution in [3.8, 4) is 0 Å². The van der Waals surface area contributed by atoms with Crippen LogP contribution in [-0.2, 0) is 11.3 Å². The van der Waals surface area contributed by atoms with Gasteiger partial charge in [0.25, 0.3) is 5.91 Å². The second-order valence-corrected chi connectivity index (χ2v) is 5.88. The number of hydrogen-bond acceptors (Lipinski definition) is 3. The van der Waals surface area contributed by atoms with E-state index in [4.69, 9.17) is 4.74 Å². The maximum atomic E-state index is 12.6. The zero-order valence-corrected chi connectivity index (χ0v) is 13.0. The van der Waals surface area contributed by atoms with E-state index >= 15 is 0 Å². The van der Waals surface area contributed by atoms with Crippen LogP contribution in [0, 0.1) is 0 Å². The van der Waals surface area contributed by atoms with Crippen molar-refractivity contribution in [2.75, 3.05) is 13.1 Å². The second kappa shape index (κ2) is 6.32. The minimum absolute atomic E-state index is 0.0290. The molecule has 0 spiro atoms. The number of benzene rings is 1. The van der Waals surface area contributed by atoms with Crippen molar-refractivity contribution < 1.29 is 9.53 Å². The molecule has 2 aromatic rings. The van der Waals surface area contributed by atoms with Crippen LogP contribution in [0.25, 0.3) is 0 Å². The summed E-state index contributed by atoms with van der Waals surface area (Å²) in [4.78, 5) is 14.4. The SMILES string of the molecule is C[C@@H]1CN(C(=O)c2cnn(Cc3ccccc3)c2)C[C@H](C)O1. The Kier molecular flexibility index (Phi) is 4.24. The summed E-state index contributed by atoms with van der Waals surface area (Å²) in [5.41, 5.74) is 1.80. The molecule has 0 radical (unpaired) electrons. The van der Waals surface area contributed by atoms with Gasteiger partial charge in [0.15, 0.2) is 0 Å². The van der Waals surface area contributed by atoms with E-state index in [9.17, 15) is 4.79 Å². The number of nitrogens with zero attached hydrogens (tertiary/aromatic N) is 3. The summed E-state index contributed by atoms with van der Waals surface area (Å²) < 4.78 is 7.47. The average molecular weight is 299 g/mol. The highest BCUT2D eigenvalue weighted by molar-refractivity contribution is 5.93. The first-order valence-corrected chi connectivity index (χ1v) is 7.63. The van der Waals surface area contributed by atoms with Gasteiger partial charge in [-0.3, -0.25) is 9.48 Å². The topological polar surface area (TPSA) is 47.4 Å². The van der Waals surface area contributed by atoms with Gasteiger partial charge in [-0.25, -0.2) is 0 Å². The lowest BCUT2D eigenvalue weighted by Gasteiger charge is -2.35. The average Bonchev–Trinajstić information content (AvgIpc) is 2.95. The fraction of sp³-hybridized carbons (Fsp3) is 0.412. The summed E-state index contributed by atoms with van der Waals surface area (Å²) in [6, 6.07) is 10.1. The van der Waals surface area contributed by atoms with Gasteiger partial charge in [0, 0.05) is 19.3 Å². The van der Waals surface area contributed by atoms with Crippen molar-refractivity contribution in [3.63, 3.8) is 0 Å². The van der Waals surface area contributed by atoms with E-state index in [1.165, 1.54) is 5.56 Å². The van der Waals surface area contributed by atoms with Crippen LogP contribution in [0.3, 0.4) is 0 Å². The van der Waals surface area contributed by atoms with Crippen LogP contribution in [0.4, 0.5) is 0 Å². The van der Waals surface area contributed by atoms with Gasteiger partial charge in [-0.1, -0.05) is 30.3 Å². The van der Waals surface area contributed by atoms with Crippen molar-refractivity contribution in [2.24, 2.45) is 0 Å². The molecule has 3 rings (SSSR count). The number of amides is 1. The zero-order valence-electron chi connectivity index (χ0n) is 13.0. The van der Waals surface area contributed by atoms with Gasteiger partial charge in [0.1, 0.15) is 0 Å². The second-order valence-electron chi connectivity index (χ2n) is 5.88. The fourth-order valence-corrected chi connectivity index (χ4v) is 2.86. The van der Waals surface area contributed by atoms with Crippen molar-refractivity contribution in [2.45, 2.75) is 32.6 Å². The molecule has 1 aliphatic heterocycles. The predicted octanol–water partition coefficient (Wildman–Crippen LogP) is 2.18. The molecule has 1 aromatic heterocycles. The first-order valence-electron chi connectivity index (χ1n) is 7.63. The van der Waals surface area contributed by atoms with E-state index < -0.39 is 0 Å². The molecule has 1 saturated heterocycles. The van der Waals surface area contributed by atoms with Crippen LogP contribution < -0.4 is 0 Å². The number of ether oxygens (including phenoxy) is 1. The van der Waals surface area contributed by atoms with Crippen LogP contribution in [0.1, 0.15) is 29.8 Å². The van der Waals surface area contributed by atoms with Gasteiger partial charge in [-0.05, 0) is 19.4 Å². The Labute approximate surface area is 130 Å². The molecular weight excluding hydrogens is 278 g/mol. The molecule has 0 saturated carbocycles. The van der Waals surface area contributed by atoms with Gasteiger partial charge in [0.2, 0.25) is 0 Å². The molecule has 2 heterocycles. The molecule has 5 heteroatoms. The largest absolute Gasteiger partial charge is 0.372 e. The summed E-state index contributed by atoms with van der Waals surface area (Å²) in [6.07, 6.45) is 3.62. The van der Waals surface area contributed by atoms with E-state index in [1.54, 1.807) is 10.9 Å². The summed E-state index contributed by atoms with van der Waals surface area (Å²) >= 11 is 0. The van der Waals surface area contributed by atoms with Gasteiger partial charge in [0.05, 0.1) is 30.5 Å². The van der Waals surface area contributed by atoms with Gasteiger partial charge < -0.3 is 9.64 Å². The molecule has 0 N–H and O–H groups in total. The monoisotopic (exact) mass is 299 g/mol. The number of rotatable bonds is 3. The zero-order chi connectivity index (χ0) is 15.5. The van der Waals surface area contributed by atoms with E-state index in [-0.39, 0.29) is 18.1 Å². The lowest BCUT2D eigenvalue weighted by Crippen LogP contribution is -2.48. The van der Waals surface area contributed by atoms with Crippen LogP contribution in [-0.4, -0.2) is 45.9 Å². The van der Waals surface area contributed by atoms with Crippen molar-refractivity contribution in [1.29, 1.82) is 0 Å². The maximum Gasteiger partial charge on any atom is 0.257 e. The molecule has 1 aromatic carbocycles. The first kappa shape index (κ1) is 14.8. The Bertz CT molecular complexity index is 628. The molecule has 0 unspecified atom stereocenters. The molecular formula is C17H21N3O2. The molecule has 0 bridgehead atoms. The van der Waals surface area contributed by atoms with Crippen LogP contribution in [0.5, 0.6) is 0 Å². The van der Waals surface area contributed by atoms with E-state index in [0.717, 1.165) is 0 Å². The van der Waals surface area contributed by atoms with E-state index in [2.05, 4.69) is 17.2 Å². The third kappa shape index (κ3) is 3.36. The number of hydrogen-bond donors (Lipinski definition) is 0. The lowest BCUT2D eigenvalue weighted by molar-refractivity contribution is -0.0586. The standard InChI is InChI=1S/C17H21N3O2/c1-13-9-19(10-14(2)22-13)17(21)16-8-18-20(12-16)11-15-6-4-3-5-7-15/h3-8,12-14H,9-11H2,1-2H3/t13-,14+. The molecule has 1 aliphatic rings. The predicted molar refractivity (Wildman–Crippen MR) is 83.7 cm³/mol. The van der Waals surface area contributed by atoms with Crippen LogP contribution in [0.15, 0.2) is 42.7 Å². The maximum absolute atomic E-state index is 12.6. The fourth-order valence-electron chi connectivity index (χ4n) is 2.86. The molecule has 0 aliphatic carbocycles. The number of carbonyl (C=O) groups excluding carboxylic acids is 1. The third-order valence-electron chi connectivity index (χ3n) is 3.77. The van der Waals surface area contributed by atoms with Gasteiger partial charge >= 0.3 is 0 Å². The molecule has 1 fully saturated rings. The summed E-state index contributed by atoms with van der Waals surface area (Å²) in [7, 11) is 0. The van der Waals surface area contributed by atoms with Crippen LogP contribution in [0.2, 0.25) is 0 Å². The molecule has 5 nitrogen and oxygen atoms in total. The molecule has 2 atom stereocenters. The highest BCUT2D eigenvalue weighted by atomic mass is 16.5. The smallest absolute Gasteiger partial charge is 0.257 e. The van der Waals surface area contributed by atoms with Crippen molar-refractivity contribution in [1.82, 2.24) is 14.7 Å². The van der Waals surface area contributed by atoms with Crippen molar-refractivity contribution >= 4 is 5.91 Å². The van der Waals surface area contributed by atoms with Gasteiger partial charge in [-0.15, -0.1) is 0 Å². The molecule has 1 amide bonds. The Morgan fingerprint density at radius 1 is 1.23 bits per heavy atom. The highest BCUT2D eigenvalue weighted by Gasteiger charge is 2.27. The number of aromatic nitrogens is 2. The Morgan fingerprint density at radius 2 is 1.91 bits per heavy atom. The normalized spacial score (nSPS) is 21.8. The minimum Gasteiger partial charge on any atom is -0.372 e. The lowest BCUT2D eigenvalue weighted by atomic mass is 10.2. The van der Waals surface area contributed by atoms with Crippen LogP contribution >= 0.6 is 0 Å². The Morgan fingerprint density at radius 3 is 2.59 bits per heavy atom. The van der Waals surface area contributed by atoms with Gasteiger partial charge in [-0.2, -0.15) is 5.10 Å². The first-order chi connectivity index (χ1) is 10.6. The third-order valence-corrected chi connectivity index (χ3v) is 3.77. The van der Waals surface area contributed by atoms with E-state index in [1.807, 2.05) is 43.1 Å². The summed E-state index contributed by atoms with van der Waals surface area (Å²) in [5.74, 6) is 0.0290. The Hall–Kier alpha value is -2.14. The number of carbonyl (C=O) groups is 1. The quantitative estimate of drug-likeness (QED) is 0.873. The Balaban J connectivity index is 1.69. The number of morpholine rings is 1. The summed E-state index contributed by atoms with van der Waals surface area (Å²) in [6.45, 7) is 5.92. The summed E-state index contributed by atoms with van der Waals surface area (Å²) in [5, 5.41) is 4.30. The van der Waals surface area contributed by atoms with E-state index in [0.29, 0.717) is 25.2 Å². The van der Waals surface area contributed by atoms with Crippen molar-refractivity contribution in [3.05, 3.63) is 53.9 Å².